The van der Waals surface area contributed by atoms with E-state index in [2.05, 4.69) is 75.5 Å². The van der Waals surface area contributed by atoms with E-state index in [1.165, 1.54) is 17.3 Å². The van der Waals surface area contributed by atoms with E-state index in [0.717, 1.165) is 22.2 Å². The van der Waals surface area contributed by atoms with E-state index in [-0.39, 0.29) is 11.4 Å². The van der Waals surface area contributed by atoms with Gasteiger partial charge in [-0.2, -0.15) is 15.0 Å². The van der Waals surface area contributed by atoms with E-state index in [0.29, 0.717) is 23.3 Å². The Kier molecular flexibility index (Phi) is 6.69. The van der Waals surface area contributed by atoms with Crippen LogP contribution in [0.15, 0.2) is 53.7 Å². The molecule has 0 fully saturated rings. The molecule has 0 unspecified atom stereocenters. The van der Waals surface area contributed by atoms with Gasteiger partial charge in [-0.15, -0.1) is 10.2 Å². The minimum absolute atomic E-state index is 0.102. The first-order valence-electron chi connectivity index (χ1n) is 10.8. The van der Waals surface area contributed by atoms with Crippen molar-refractivity contribution in [3.63, 3.8) is 0 Å². The van der Waals surface area contributed by atoms with Gasteiger partial charge in [0.1, 0.15) is 11.6 Å². The van der Waals surface area contributed by atoms with Gasteiger partial charge in [-0.1, -0.05) is 68.9 Å². The third-order valence-electron chi connectivity index (χ3n) is 5.23. The van der Waals surface area contributed by atoms with Crippen LogP contribution in [-0.2, 0) is 18.2 Å². The first-order valence-corrected chi connectivity index (χ1v) is 11.8. The molecular formula is C24H28N8OS. The van der Waals surface area contributed by atoms with E-state index in [9.17, 15) is 0 Å². The number of aromatic nitrogens is 6. The van der Waals surface area contributed by atoms with Gasteiger partial charge in [-0.25, -0.2) is 0 Å². The van der Waals surface area contributed by atoms with Crippen LogP contribution in [0.3, 0.4) is 0 Å². The molecule has 0 aliphatic carbocycles. The van der Waals surface area contributed by atoms with Gasteiger partial charge in [0.25, 0.3) is 0 Å². The van der Waals surface area contributed by atoms with Gasteiger partial charge in [-0.3, -0.25) is 0 Å². The zero-order valence-corrected chi connectivity index (χ0v) is 20.7. The molecule has 10 heteroatoms. The Hall–Kier alpha value is -3.66. The van der Waals surface area contributed by atoms with E-state index in [1.807, 2.05) is 35.9 Å². The number of nitrogens with one attached hydrogen (secondary N) is 1. The van der Waals surface area contributed by atoms with Crippen LogP contribution in [0, 0.1) is 0 Å². The number of methoxy groups -OCH3 is 1. The van der Waals surface area contributed by atoms with Crippen molar-refractivity contribution in [2.24, 2.45) is 7.05 Å². The number of benzene rings is 2. The summed E-state index contributed by atoms with van der Waals surface area (Å²) in [7, 11) is 3.56. The second-order valence-corrected chi connectivity index (χ2v) is 9.68. The van der Waals surface area contributed by atoms with Gasteiger partial charge in [0.2, 0.25) is 11.9 Å². The molecule has 2 aromatic heterocycles. The van der Waals surface area contributed by atoms with Crippen molar-refractivity contribution in [3.8, 4) is 17.1 Å². The third kappa shape index (κ3) is 5.28. The summed E-state index contributed by atoms with van der Waals surface area (Å²) in [6, 6.07) is 16.0. The van der Waals surface area contributed by atoms with Crippen LogP contribution in [-0.4, -0.2) is 36.8 Å². The van der Waals surface area contributed by atoms with E-state index >= 15 is 0 Å². The summed E-state index contributed by atoms with van der Waals surface area (Å²) < 4.78 is 7.34. The lowest BCUT2D eigenvalue weighted by atomic mass is 9.87. The zero-order valence-electron chi connectivity index (χ0n) is 19.9. The summed E-state index contributed by atoms with van der Waals surface area (Å²) in [4.78, 5) is 13.0. The fraction of sp³-hybridized carbons (Fsp3) is 0.292. The molecule has 4 rings (SSSR count). The summed E-state index contributed by atoms with van der Waals surface area (Å²) in [6.45, 7) is 6.60. The van der Waals surface area contributed by atoms with Crippen molar-refractivity contribution in [2.75, 3.05) is 18.2 Å². The van der Waals surface area contributed by atoms with Crippen LogP contribution in [0.1, 0.15) is 32.2 Å². The molecule has 0 saturated heterocycles. The number of nitrogens with two attached hydrogens (primary N) is 1. The number of anilines is 3. The number of thioether (sulfide) groups is 1. The van der Waals surface area contributed by atoms with Crippen LogP contribution in [0.4, 0.5) is 17.6 Å². The smallest absolute Gasteiger partial charge is 0.232 e. The lowest BCUT2D eigenvalue weighted by Crippen LogP contribution is -2.10. The predicted molar refractivity (Wildman–Crippen MR) is 135 cm³/mol. The average Bonchev–Trinajstić information content (AvgIpc) is 3.17. The van der Waals surface area contributed by atoms with E-state index < -0.39 is 0 Å². The molecule has 176 valence electrons. The molecule has 0 spiro atoms. The Morgan fingerprint density at radius 3 is 2.44 bits per heavy atom. The molecule has 3 N–H and O–H groups in total. The summed E-state index contributed by atoms with van der Waals surface area (Å²) in [6.07, 6.45) is 0. The molecule has 0 aliphatic rings. The van der Waals surface area contributed by atoms with Crippen LogP contribution < -0.4 is 15.8 Å². The molecule has 0 aliphatic heterocycles. The molecule has 0 atom stereocenters. The topological polar surface area (TPSA) is 117 Å². The van der Waals surface area contributed by atoms with Crippen molar-refractivity contribution in [2.45, 2.75) is 37.1 Å². The molecule has 0 bridgehead atoms. The molecule has 0 saturated carbocycles. The van der Waals surface area contributed by atoms with Crippen LogP contribution >= 0.6 is 11.8 Å². The number of nitrogens with zero attached hydrogens (tertiary/aromatic N) is 6. The quantitative estimate of drug-likeness (QED) is 0.369. The summed E-state index contributed by atoms with van der Waals surface area (Å²) in [5.74, 6) is 2.97. The van der Waals surface area contributed by atoms with Crippen molar-refractivity contribution in [3.05, 3.63) is 59.9 Å². The number of hydrogen-bond donors (Lipinski definition) is 2. The Balaban J connectivity index is 1.48. The predicted octanol–water partition coefficient (Wildman–Crippen LogP) is 4.59. The van der Waals surface area contributed by atoms with Crippen LogP contribution in [0.5, 0.6) is 5.75 Å². The van der Waals surface area contributed by atoms with Gasteiger partial charge < -0.3 is 20.4 Å². The van der Waals surface area contributed by atoms with Crippen molar-refractivity contribution in [1.29, 1.82) is 0 Å². The maximum absolute atomic E-state index is 5.93. The van der Waals surface area contributed by atoms with Gasteiger partial charge >= 0.3 is 0 Å². The number of nitrogen functional groups attached to an aromatic ring is 1. The van der Waals surface area contributed by atoms with Crippen molar-refractivity contribution in [1.82, 2.24) is 29.7 Å². The highest BCUT2D eigenvalue weighted by Gasteiger charge is 2.16. The monoisotopic (exact) mass is 476 g/mol. The second-order valence-electron chi connectivity index (χ2n) is 8.74. The van der Waals surface area contributed by atoms with Gasteiger partial charge in [0.05, 0.1) is 18.6 Å². The normalized spacial score (nSPS) is 11.4. The van der Waals surface area contributed by atoms with Gasteiger partial charge in [0, 0.05) is 12.6 Å². The number of hydrogen-bond acceptors (Lipinski definition) is 9. The SMILES string of the molecule is COc1ccccc1Nc1nc(N)nc(CSc2nnc(-c3ccc(C(C)(C)C)cc3)n2C)n1. The molecule has 0 radical (unpaired) electrons. The maximum Gasteiger partial charge on any atom is 0.232 e. The largest absolute Gasteiger partial charge is 0.495 e. The minimum Gasteiger partial charge on any atom is -0.495 e. The highest BCUT2D eigenvalue weighted by Crippen LogP contribution is 2.29. The molecular weight excluding hydrogens is 448 g/mol. The highest BCUT2D eigenvalue weighted by molar-refractivity contribution is 7.98. The zero-order chi connectivity index (χ0) is 24.3. The maximum atomic E-state index is 5.93. The third-order valence-corrected chi connectivity index (χ3v) is 6.24. The Morgan fingerprint density at radius 2 is 1.74 bits per heavy atom. The first kappa shape index (κ1) is 23.5. The van der Waals surface area contributed by atoms with Gasteiger partial charge in [-0.05, 0) is 23.1 Å². The fourth-order valence-electron chi connectivity index (χ4n) is 3.37. The average molecular weight is 477 g/mol. The van der Waals surface area contributed by atoms with Gasteiger partial charge in [0.15, 0.2) is 11.0 Å². The first-order chi connectivity index (χ1) is 16.2. The lowest BCUT2D eigenvalue weighted by Gasteiger charge is -2.19. The molecule has 0 amide bonds. The van der Waals surface area contributed by atoms with Crippen LogP contribution in [0.25, 0.3) is 11.4 Å². The molecule has 2 aromatic carbocycles. The summed E-state index contributed by atoms with van der Waals surface area (Å²) >= 11 is 1.48. The van der Waals surface area contributed by atoms with Crippen molar-refractivity contribution >= 4 is 29.3 Å². The molecule has 34 heavy (non-hydrogen) atoms. The molecule has 2 heterocycles. The number of para-hydroxylation sites is 2. The van der Waals surface area contributed by atoms with Crippen molar-refractivity contribution < 1.29 is 4.74 Å². The number of rotatable bonds is 7. The fourth-order valence-corrected chi connectivity index (χ4v) is 4.13. The molecule has 9 nitrogen and oxygen atoms in total. The standard InChI is InChI=1S/C24H28N8OS/c1-24(2,3)16-12-10-15(11-13-16)20-30-31-23(32(20)4)34-14-19-27-21(25)29-22(28-19)26-17-8-6-7-9-18(17)33-5/h6-13H,14H2,1-5H3,(H3,25,26,27,28,29). The second kappa shape index (κ2) is 9.68. The number of ether oxygens (including phenoxy) is 1. The minimum atomic E-state index is 0.102. The van der Waals surface area contributed by atoms with E-state index in [1.54, 1.807) is 7.11 Å². The summed E-state index contributed by atoms with van der Waals surface area (Å²) in [5, 5.41) is 12.6. The molecule has 4 aromatic rings. The van der Waals surface area contributed by atoms with E-state index in [4.69, 9.17) is 10.5 Å². The lowest BCUT2D eigenvalue weighted by molar-refractivity contribution is 0.417. The Bertz CT molecular complexity index is 1280. The van der Waals surface area contributed by atoms with Crippen LogP contribution in [0.2, 0.25) is 0 Å². The Labute approximate surface area is 203 Å². The summed E-state index contributed by atoms with van der Waals surface area (Å²) in [5.41, 5.74) is 9.06. The highest BCUT2D eigenvalue weighted by atomic mass is 32.2. The Morgan fingerprint density at radius 1 is 1.00 bits per heavy atom.